The Labute approximate surface area is 117 Å². The predicted octanol–water partition coefficient (Wildman–Crippen LogP) is 4.33. The summed E-state index contributed by atoms with van der Waals surface area (Å²) in [7, 11) is 0. The largest absolute Gasteiger partial charge is 0.342 e. The molecule has 1 radical (unpaired) electrons. The summed E-state index contributed by atoms with van der Waals surface area (Å²) in [6.45, 7) is 4.01. The fourth-order valence-electron chi connectivity index (χ4n) is 2.23. The average molecular weight is 274 g/mol. The van der Waals surface area contributed by atoms with Crippen LogP contribution in [0.2, 0.25) is 5.02 Å². The van der Waals surface area contributed by atoms with Crippen LogP contribution in [0.25, 0.3) is 0 Å². The topological polar surface area (TPSA) is 18.5 Å². The summed E-state index contributed by atoms with van der Waals surface area (Å²) in [5.41, 5.74) is 1.91. The van der Waals surface area contributed by atoms with E-state index < -0.39 is 0 Å². The highest BCUT2D eigenvalue weighted by Gasteiger charge is 2.35. The Morgan fingerprint density at radius 1 is 0.895 bits per heavy atom. The normalized spacial score (nSPS) is 26.5. The molecule has 3 atom stereocenters. The zero-order chi connectivity index (χ0) is 13.2. The fourth-order valence-corrected chi connectivity index (χ4v) is 2.47. The van der Waals surface area contributed by atoms with Crippen molar-refractivity contribution < 1.29 is 9.47 Å². The fraction of sp³-hybridized carbons (Fsp3) is 0.188. The van der Waals surface area contributed by atoms with Crippen molar-refractivity contribution in [3.8, 4) is 0 Å². The van der Waals surface area contributed by atoms with E-state index in [1.807, 2.05) is 54.6 Å². The summed E-state index contributed by atoms with van der Waals surface area (Å²) in [5.74, 6) is 0. The Morgan fingerprint density at radius 2 is 1.58 bits per heavy atom. The molecule has 0 amide bonds. The van der Waals surface area contributed by atoms with Crippen LogP contribution in [0.4, 0.5) is 0 Å². The molecule has 0 bridgehead atoms. The molecule has 1 saturated heterocycles. The first-order valence-electron chi connectivity index (χ1n) is 6.19. The second kappa shape index (κ2) is 5.33. The molecule has 0 N–H and O–H groups in total. The van der Waals surface area contributed by atoms with Gasteiger partial charge in [-0.25, -0.2) is 0 Å². The molecule has 97 valence electrons. The molecule has 2 nitrogen and oxygen atoms in total. The Bertz CT molecular complexity index is 556. The smallest absolute Gasteiger partial charge is 0.185 e. The summed E-state index contributed by atoms with van der Waals surface area (Å²) in [6.07, 6.45) is -0.894. The third-order valence-corrected chi connectivity index (χ3v) is 3.53. The molecule has 3 heteroatoms. The van der Waals surface area contributed by atoms with E-state index in [1.54, 1.807) is 0 Å². The number of hydrogen-bond donors (Lipinski definition) is 0. The molecule has 2 aromatic carbocycles. The van der Waals surface area contributed by atoms with E-state index in [4.69, 9.17) is 21.1 Å². The molecule has 0 aliphatic carbocycles. The summed E-state index contributed by atoms with van der Waals surface area (Å²) in [6, 6.07) is 17.5. The summed E-state index contributed by atoms with van der Waals surface area (Å²) in [5, 5.41) is 0.679. The van der Waals surface area contributed by atoms with Crippen molar-refractivity contribution in [2.24, 2.45) is 0 Å². The maximum atomic E-state index is 6.20. The molecular weight excluding hydrogens is 260 g/mol. The third-order valence-electron chi connectivity index (χ3n) is 3.19. The lowest BCUT2D eigenvalue weighted by Gasteiger charge is -2.14. The molecule has 1 heterocycles. The summed E-state index contributed by atoms with van der Waals surface area (Å²) >= 11 is 6.20. The molecule has 1 aliphatic rings. The van der Waals surface area contributed by atoms with Gasteiger partial charge in [-0.2, -0.15) is 0 Å². The molecule has 0 spiro atoms. The lowest BCUT2D eigenvalue weighted by Crippen LogP contribution is -2.10. The Hall–Kier alpha value is -1.35. The van der Waals surface area contributed by atoms with Crippen molar-refractivity contribution in [2.45, 2.75) is 18.5 Å². The summed E-state index contributed by atoms with van der Waals surface area (Å²) < 4.78 is 11.7. The summed E-state index contributed by atoms with van der Waals surface area (Å²) in [4.78, 5) is 0. The van der Waals surface area contributed by atoms with Gasteiger partial charge in [0, 0.05) is 16.1 Å². The Balaban J connectivity index is 1.85. The van der Waals surface area contributed by atoms with E-state index in [1.165, 1.54) is 0 Å². The first-order valence-corrected chi connectivity index (χ1v) is 6.57. The lowest BCUT2D eigenvalue weighted by atomic mass is 10.1. The van der Waals surface area contributed by atoms with Crippen molar-refractivity contribution in [1.29, 1.82) is 0 Å². The number of benzene rings is 2. The van der Waals surface area contributed by atoms with Crippen molar-refractivity contribution >= 4 is 11.6 Å². The minimum absolute atomic E-state index is 0.237. The van der Waals surface area contributed by atoms with Gasteiger partial charge in [-0.1, -0.05) is 60.1 Å². The number of rotatable bonds is 2. The molecule has 3 rings (SSSR count). The van der Waals surface area contributed by atoms with E-state index in [9.17, 15) is 0 Å². The van der Waals surface area contributed by atoms with Crippen molar-refractivity contribution in [3.63, 3.8) is 0 Å². The van der Waals surface area contributed by atoms with Crippen LogP contribution in [0.15, 0.2) is 54.6 Å². The van der Waals surface area contributed by atoms with Crippen LogP contribution in [0, 0.1) is 6.92 Å². The van der Waals surface area contributed by atoms with Gasteiger partial charge in [-0.3, -0.25) is 0 Å². The lowest BCUT2D eigenvalue weighted by molar-refractivity contribution is -0.0657. The van der Waals surface area contributed by atoms with Gasteiger partial charge in [0.1, 0.15) is 6.10 Å². The molecule has 3 unspecified atom stereocenters. The monoisotopic (exact) mass is 273 g/mol. The van der Waals surface area contributed by atoms with E-state index in [-0.39, 0.29) is 18.5 Å². The number of hydrogen-bond acceptors (Lipinski definition) is 2. The van der Waals surface area contributed by atoms with Crippen LogP contribution in [0.5, 0.6) is 0 Å². The van der Waals surface area contributed by atoms with Gasteiger partial charge in [0.05, 0.1) is 6.10 Å². The minimum atomic E-state index is -0.384. The van der Waals surface area contributed by atoms with Crippen LogP contribution in [0.3, 0.4) is 0 Å². The molecule has 19 heavy (non-hydrogen) atoms. The van der Waals surface area contributed by atoms with Crippen molar-refractivity contribution in [2.75, 3.05) is 0 Å². The SMILES string of the molecule is [CH2]C1OC(c2ccccc2)OC1c1ccccc1Cl. The number of ether oxygens (including phenoxy) is 2. The maximum Gasteiger partial charge on any atom is 0.185 e. The average Bonchev–Trinajstić information content (AvgIpc) is 2.82. The van der Waals surface area contributed by atoms with Crippen LogP contribution in [0.1, 0.15) is 23.5 Å². The molecule has 0 saturated carbocycles. The predicted molar refractivity (Wildman–Crippen MR) is 74.7 cm³/mol. The van der Waals surface area contributed by atoms with E-state index >= 15 is 0 Å². The van der Waals surface area contributed by atoms with Gasteiger partial charge in [-0.05, 0) is 13.0 Å². The van der Waals surface area contributed by atoms with E-state index in [0.29, 0.717) is 5.02 Å². The first-order chi connectivity index (χ1) is 9.25. The molecule has 2 aromatic rings. The first kappa shape index (κ1) is 12.7. The van der Waals surface area contributed by atoms with Crippen molar-refractivity contribution in [3.05, 3.63) is 77.7 Å². The van der Waals surface area contributed by atoms with Gasteiger partial charge < -0.3 is 9.47 Å². The maximum absolute atomic E-state index is 6.20. The molecular formula is C16H14ClO2. The van der Waals surface area contributed by atoms with E-state index in [2.05, 4.69) is 6.92 Å². The van der Waals surface area contributed by atoms with Gasteiger partial charge in [0.15, 0.2) is 6.29 Å². The van der Waals surface area contributed by atoms with Crippen LogP contribution in [-0.2, 0) is 9.47 Å². The van der Waals surface area contributed by atoms with Crippen LogP contribution >= 0.6 is 11.6 Å². The standard InChI is InChI=1S/C16H14ClO2/c1-11-15(13-9-5-6-10-14(13)17)19-16(18-11)12-7-3-2-4-8-12/h2-11,15-16H,1H2. The highest BCUT2D eigenvalue weighted by molar-refractivity contribution is 6.31. The quantitative estimate of drug-likeness (QED) is 0.811. The second-order valence-electron chi connectivity index (χ2n) is 4.50. The van der Waals surface area contributed by atoms with Gasteiger partial charge in [0.25, 0.3) is 0 Å². The highest BCUT2D eigenvalue weighted by atomic mass is 35.5. The van der Waals surface area contributed by atoms with Gasteiger partial charge >= 0.3 is 0 Å². The highest BCUT2D eigenvalue weighted by Crippen LogP contribution is 2.41. The Morgan fingerprint density at radius 3 is 2.32 bits per heavy atom. The van der Waals surface area contributed by atoms with Gasteiger partial charge in [0.2, 0.25) is 0 Å². The van der Waals surface area contributed by atoms with Gasteiger partial charge in [-0.15, -0.1) is 0 Å². The zero-order valence-corrected chi connectivity index (χ0v) is 11.1. The third kappa shape index (κ3) is 2.52. The number of halogens is 1. The minimum Gasteiger partial charge on any atom is -0.342 e. The molecule has 0 aromatic heterocycles. The molecule has 1 fully saturated rings. The zero-order valence-electron chi connectivity index (χ0n) is 10.3. The van der Waals surface area contributed by atoms with Crippen LogP contribution in [-0.4, -0.2) is 6.10 Å². The van der Waals surface area contributed by atoms with E-state index in [0.717, 1.165) is 11.1 Å². The second-order valence-corrected chi connectivity index (χ2v) is 4.90. The molecule has 1 aliphatic heterocycles. The van der Waals surface area contributed by atoms with Crippen LogP contribution < -0.4 is 0 Å². The van der Waals surface area contributed by atoms with Crippen molar-refractivity contribution in [1.82, 2.24) is 0 Å². The Kier molecular flexibility index (Phi) is 3.56.